The van der Waals surface area contributed by atoms with Crippen LogP contribution in [0.15, 0.2) is 72.3 Å². The number of carbonyl (C=O) groups excluding carboxylic acids is 3. The van der Waals surface area contributed by atoms with E-state index in [1.54, 1.807) is 60.7 Å². The van der Waals surface area contributed by atoms with Crippen LogP contribution in [0.3, 0.4) is 0 Å². The van der Waals surface area contributed by atoms with E-state index < -0.39 is 41.8 Å². The van der Waals surface area contributed by atoms with Crippen LogP contribution in [0.5, 0.6) is 0 Å². The van der Waals surface area contributed by atoms with Gasteiger partial charge in [-0.3, -0.25) is 9.59 Å². The van der Waals surface area contributed by atoms with E-state index in [-0.39, 0.29) is 0 Å². The molecule has 0 aliphatic heterocycles. The molecule has 0 heterocycles. The zero-order valence-corrected chi connectivity index (χ0v) is 15.0. The number of benzene rings is 2. The third-order valence-corrected chi connectivity index (χ3v) is 3.80. The fraction of sp³-hybridized carbons (Fsp3) is 0.143. The molecule has 144 valence electrons. The van der Waals surface area contributed by atoms with Crippen molar-refractivity contribution in [2.75, 3.05) is 7.11 Å². The third-order valence-electron chi connectivity index (χ3n) is 3.80. The first-order chi connectivity index (χ1) is 13.4. The second-order valence-electron chi connectivity index (χ2n) is 5.72. The van der Waals surface area contributed by atoms with Gasteiger partial charge in [0.05, 0.1) is 19.1 Å². The molecular formula is C21H18O7. The van der Waals surface area contributed by atoms with Crippen LogP contribution in [0.25, 0.3) is 0 Å². The summed E-state index contributed by atoms with van der Waals surface area (Å²) >= 11 is 0. The molecule has 0 aliphatic rings. The van der Waals surface area contributed by atoms with Crippen molar-refractivity contribution in [1.29, 1.82) is 0 Å². The second-order valence-corrected chi connectivity index (χ2v) is 5.72. The summed E-state index contributed by atoms with van der Waals surface area (Å²) in [6, 6.07) is 17.5. The number of carboxylic acids is 1. The molecule has 0 saturated heterocycles. The summed E-state index contributed by atoms with van der Waals surface area (Å²) in [6.07, 6.45) is -0.162. The Kier molecular flexibility index (Phi) is 7.21. The van der Waals surface area contributed by atoms with Crippen molar-refractivity contribution in [3.05, 3.63) is 83.4 Å². The largest absolute Gasteiger partial charge is 0.478 e. The van der Waals surface area contributed by atoms with Gasteiger partial charge in [-0.1, -0.05) is 60.7 Å². The van der Waals surface area contributed by atoms with Crippen LogP contribution < -0.4 is 0 Å². The number of hydrogen-bond donors (Lipinski definition) is 1. The van der Waals surface area contributed by atoms with E-state index in [2.05, 4.69) is 4.74 Å². The molecule has 0 aliphatic carbocycles. The van der Waals surface area contributed by atoms with Gasteiger partial charge in [0.25, 0.3) is 0 Å². The van der Waals surface area contributed by atoms with Crippen LogP contribution in [0.2, 0.25) is 0 Å². The highest BCUT2D eigenvalue weighted by atomic mass is 16.6. The normalized spacial score (nSPS) is 11.0. The molecule has 0 unspecified atom stereocenters. The number of rotatable bonds is 7. The minimum Gasteiger partial charge on any atom is -0.478 e. The Bertz CT molecular complexity index is 846. The molecule has 0 saturated carbocycles. The van der Waals surface area contributed by atoms with Crippen molar-refractivity contribution in [2.45, 2.75) is 12.3 Å². The van der Waals surface area contributed by atoms with Crippen molar-refractivity contribution < 1.29 is 33.8 Å². The minimum absolute atomic E-state index is 0.427. The van der Waals surface area contributed by atoms with E-state index in [0.717, 1.165) is 7.11 Å². The van der Waals surface area contributed by atoms with E-state index in [0.29, 0.717) is 17.2 Å². The lowest BCUT2D eigenvalue weighted by Gasteiger charge is -2.16. The van der Waals surface area contributed by atoms with Crippen molar-refractivity contribution in [1.82, 2.24) is 0 Å². The molecule has 1 N–H and O–H groups in total. The van der Waals surface area contributed by atoms with Crippen molar-refractivity contribution >= 4 is 23.9 Å². The highest BCUT2D eigenvalue weighted by Crippen LogP contribution is 2.26. The van der Waals surface area contributed by atoms with Crippen molar-refractivity contribution in [3.63, 3.8) is 0 Å². The Morgan fingerprint density at radius 2 is 1.43 bits per heavy atom. The average Bonchev–Trinajstić information content (AvgIpc) is 2.68. The summed E-state index contributed by atoms with van der Waals surface area (Å²) in [6.45, 7) is 0. The summed E-state index contributed by atoms with van der Waals surface area (Å²) in [5.74, 6) is -5.15. The molecule has 2 rings (SSSR count). The topological polar surface area (TPSA) is 107 Å². The van der Waals surface area contributed by atoms with Gasteiger partial charge in [0.15, 0.2) is 0 Å². The fourth-order valence-corrected chi connectivity index (χ4v) is 2.58. The van der Waals surface area contributed by atoms with E-state index in [1.807, 2.05) is 0 Å². The predicted octanol–water partition coefficient (Wildman–Crippen LogP) is 2.46. The molecule has 2 aromatic carbocycles. The first kappa shape index (κ1) is 20.6. The molecule has 0 spiro atoms. The molecule has 0 aromatic heterocycles. The Labute approximate surface area is 161 Å². The highest BCUT2D eigenvalue weighted by Gasteiger charge is 2.27. The molecule has 0 bridgehead atoms. The van der Waals surface area contributed by atoms with Gasteiger partial charge in [0.1, 0.15) is 5.92 Å². The van der Waals surface area contributed by atoms with Gasteiger partial charge < -0.3 is 14.6 Å². The molecule has 7 heteroatoms. The average molecular weight is 382 g/mol. The highest BCUT2D eigenvalue weighted by molar-refractivity contribution is 6.01. The van der Waals surface area contributed by atoms with Gasteiger partial charge >= 0.3 is 23.9 Å². The lowest BCUT2D eigenvalue weighted by Crippen LogP contribution is -2.22. The molecule has 28 heavy (non-hydrogen) atoms. The molecule has 0 radical (unpaired) electrons. The SMILES string of the molecule is COC(=O)C(=CC(=O)O)CC(=O)OC(=O)C(c1ccccc1)c1ccccc1. The number of hydrogen-bond acceptors (Lipinski definition) is 6. The zero-order valence-electron chi connectivity index (χ0n) is 15.0. The van der Waals surface area contributed by atoms with Gasteiger partial charge in [-0.15, -0.1) is 0 Å². The molecule has 2 aromatic rings. The zero-order chi connectivity index (χ0) is 20.5. The van der Waals surface area contributed by atoms with Crippen molar-refractivity contribution in [3.8, 4) is 0 Å². The fourth-order valence-electron chi connectivity index (χ4n) is 2.58. The lowest BCUT2D eigenvalue weighted by atomic mass is 9.91. The number of carboxylic acid groups (broad SMARTS) is 1. The van der Waals surface area contributed by atoms with Crippen LogP contribution in [0.4, 0.5) is 0 Å². The number of ether oxygens (including phenoxy) is 2. The molecular weight excluding hydrogens is 364 g/mol. The summed E-state index contributed by atoms with van der Waals surface area (Å²) in [5, 5.41) is 8.81. The van der Waals surface area contributed by atoms with Crippen LogP contribution in [0, 0.1) is 0 Å². The third kappa shape index (κ3) is 5.63. The van der Waals surface area contributed by atoms with Crippen LogP contribution in [0.1, 0.15) is 23.5 Å². The Balaban J connectivity index is 2.22. The number of aliphatic carboxylic acids is 1. The summed E-state index contributed by atoms with van der Waals surface area (Å²) < 4.78 is 9.35. The van der Waals surface area contributed by atoms with E-state index in [4.69, 9.17) is 9.84 Å². The number of esters is 3. The molecule has 0 atom stereocenters. The molecule has 0 amide bonds. The standard InChI is InChI=1S/C21H18O7/c1-27-20(25)16(12-17(22)23)13-18(24)28-21(26)19(14-8-4-2-5-9-14)15-10-6-3-7-11-15/h2-12,19H,13H2,1H3,(H,22,23). The number of carbonyl (C=O) groups is 4. The molecule has 0 fully saturated rings. The number of methoxy groups -OCH3 is 1. The minimum atomic E-state index is -1.43. The summed E-state index contributed by atoms with van der Waals surface area (Å²) in [4.78, 5) is 47.3. The summed E-state index contributed by atoms with van der Waals surface area (Å²) in [5.41, 5.74) is 0.824. The second kappa shape index (κ2) is 9.82. The van der Waals surface area contributed by atoms with Gasteiger partial charge in [-0.2, -0.15) is 0 Å². The maximum absolute atomic E-state index is 12.7. The van der Waals surface area contributed by atoms with Crippen molar-refractivity contribution in [2.24, 2.45) is 0 Å². The Morgan fingerprint density at radius 3 is 1.86 bits per heavy atom. The maximum atomic E-state index is 12.7. The monoisotopic (exact) mass is 382 g/mol. The van der Waals surface area contributed by atoms with E-state index in [9.17, 15) is 19.2 Å². The van der Waals surface area contributed by atoms with Gasteiger partial charge in [0, 0.05) is 6.08 Å². The molecule has 7 nitrogen and oxygen atoms in total. The van der Waals surface area contributed by atoms with Crippen LogP contribution in [-0.4, -0.2) is 36.1 Å². The predicted molar refractivity (Wildman–Crippen MR) is 98.2 cm³/mol. The Hall–Kier alpha value is -3.74. The first-order valence-corrected chi connectivity index (χ1v) is 8.28. The van der Waals surface area contributed by atoms with E-state index >= 15 is 0 Å². The summed E-state index contributed by atoms with van der Waals surface area (Å²) in [7, 11) is 1.05. The first-order valence-electron chi connectivity index (χ1n) is 8.28. The smallest absolute Gasteiger partial charge is 0.334 e. The Morgan fingerprint density at radius 1 is 0.929 bits per heavy atom. The van der Waals surface area contributed by atoms with E-state index in [1.165, 1.54) is 0 Å². The maximum Gasteiger partial charge on any atom is 0.334 e. The lowest BCUT2D eigenvalue weighted by molar-refractivity contribution is -0.160. The van der Waals surface area contributed by atoms with Gasteiger partial charge in [-0.25, -0.2) is 9.59 Å². The quantitative estimate of drug-likeness (QED) is 0.445. The van der Waals surface area contributed by atoms with Gasteiger partial charge in [-0.05, 0) is 11.1 Å². The van der Waals surface area contributed by atoms with Crippen LogP contribution in [-0.2, 0) is 28.7 Å². The van der Waals surface area contributed by atoms with Gasteiger partial charge in [0.2, 0.25) is 0 Å². The van der Waals surface area contributed by atoms with Crippen LogP contribution >= 0.6 is 0 Å².